The van der Waals surface area contributed by atoms with Gasteiger partial charge >= 0.3 is 0 Å². The maximum atomic E-state index is 13.1. The Morgan fingerprint density at radius 2 is 2.00 bits per heavy atom. The molecule has 0 atom stereocenters. The quantitative estimate of drug-likeness (QED) is 0.523. The number of hydrogen-bond acceptors (Lipinski definition) is 5. The van der Waals surface area contributed by atoms with Crippen LogP contribution in [0.25, 0.3) is 6.08 Å². The van der Waals surface area contributed by atoms with Gasteiger partial charge in [0, 0.05) is 28.4 Å². The predicted octanol–water partition coefficient (Wildman–Crippen LogP) is 5.22. The van der Waals surface area contributed by atoms with Crippen molar-refractivity contribution in [2.45, 2.75) is 39.7 Å². The fraction of sp³-hybridized carbons (Fsp3) is 0.292. The summed E-state index contributed by atoms with van der Waals surface area (Å²) in [6, 6.07) is 14.0. The lowest BCUT2D eigenvalue weighted by atomic mass is 10.0. The van der Waals surface area contributed by atoms with Crippen molar-refractivity contribution < 1.29 is 9.59 Å². The molecule has 31 heavy (non-hydrogen) atoms. The SMILES string of the molecule is CCc1ccc(C=C2CCCN(c3nc(C)c(C(=O)NCc4ccccc4)s3)C2=O)s1. The van der Waals surface area contributed by atoms with Crippen LogP contribution in [0.4, 0.5) is 5.13 Å². The molecule has 3 heterocycles. The lowest BCUT2D eigenvalue weighted by Crippen LogP contribution is -2.36. The smallest absolute Gasteiger partial charge is 0.263 e. The van der Waals surface area contributed by atoms with Crippen LogP contribution in [0.1, 0.15) is 50.4 Å². The first-order valence-corrected chi connectivity index (χ1v) is 12.1. The van der Waals surface area contributed by atoms with Crippen LogP contribution in [0, 0.1) is 6.92 Å². The molecular formula is C24H25N3O2S2. The molecule has 160 valence electrons. The Bertz CT molecular complexity index is 1120. The highest BCUT2D eigenvalue weighted by molar-refractivity contribution is 7.17. The van der Waals surface area contributed by atoms with Crippen LogP contribution >= 0.6 is 22.7 Å². The number of aromatic nitrogens is 1. The molecule has 2 amide bonds. The van der Waals surface area contributed by atoms with Crippen LogP contribution < -0.4 is 10.2 Å². The number of carbonyl (C=O) groups excluding carboxylic acids is 2. The van der Waals surface area contributed by atoms with Crippen LogP contribution in [0.15, 0.2) is 48.0 Å². The lowest BCUT2D eigenvalue weighted by Gasteiger charge is -2.26. The van der Waals surface area contributed by atoms with E-state index >= 15 is 0 Å². The number of thiazole rings is 1. The number of rotatable bonds is 6. The molecule has 2 aromatic heterocycles. The van der Waals surface area contributed by atoms with Gasteiger partial charge in [-0.25, -0.2) is 4.98 Å². The Morgan fingerprint density at radius 1 is 1.19 bits per heavy atom. The molecule has 1 saturated heterocycles. The first-order valence-electron chi connectivity index (χ1n) is 10.5. The monoisotopic (exact) mass is 451 g/mol. The molecule has 0 spiro atoms. The number of nitrogens with one attached hydrogen (secondary N) is 1. The molecule has 3 aromatic rings. The largest absolute Gasteiger partial charge is 0.347 e. The summed E-state index contributed by atoms with van der Waals surface area (Å²) in [6.07, 6.45) is 4.66. The molecule has 7 heteroatoms. The summed E-state index contributed by atoms with van der Waals surface area (Å²) in [5.41, 5.74) is 2.50. The van der Waals surface area contributed by atoms with Crippen LogP contribution in [-0.2, 0) is 17.8 Å². The fourth-order valence-corrected chi connectivity index (χ4v) is 5.45. The second-order valence-electron chi connectivity index (χ2n) is 7.47. The normalized spacial score (nSPS) is 15.5. The molecule has 0 saturated carbocycles. The van der Waals surface area contributed by atoms with Crippen LogP contribution in [0.2, 0.25) is 0 Å². The molecular weight excluding hydrogens is 426 g/mol. The van der Waals surface area contributed by atoms with E-state index in [0.717, 1.165) is 35.3 Å². The Labute approximate surface area is 190 Å². The summed E-state index contributed by atoms with van der Waals surface area (Å²) >= 11 is 3.01. The van der Waals surface area contributed by atoms with Crippen molar-refractivity contribution in [2.75, 3.05) is 11.4 Å². The van der Waals surface area contributed by atoms with Crippen molar-refractivity contribution in [3.8, 4) is 0 Å². The van der Waals surface area contributed by atoms with Gasteiger partial charge in [-0.05, 0) is 50.0 Å². The van der Waals surface area contributed by atoms with Crippen molar-refractivity contribution in [3.05, 3.63) is 73.9 Å². The van der Waals surface area contributed by atoms with E-state index in [1.165, 1.54) is 16.2 Å². The molecule has 0 aliphatic carbocycles. The van der Waals surface area contributed by atoms with Gasteiger partial charge in [0.15, 0.2) is 5.13 Å². The second kappa shape index (κ2) is 9.58. The Hall–Kier alpha value is -2.77. The predicted molar refractivity (Wildman–Crippen MR) is 128 cm³/mol. The number of aryl methyl sites for hydroxylation is 2. The highest BCUT2D eigenvalue weighted by atomic mass is 32.1. The average Bonchev–Trinajstić information content (AvgIpc) is 3.40. The van der Waals surface area contributed by atoms with Gasteiger partial charge in [-0.15, -0.1) is 11.3 Å². The number of hydrogen-bond donors (Lipinski definition) is 1. The fourth-order valence-electron chi connectivity index (χ4n) is 3.53. The topological polar surface area (TPSA) is 62.3 Å². The third-order valence-electron chi connectivity index (χ3n) is 5.21. The first-order chi connectivity index (χ1) is 15.0. The number of anilines is 1. The van der Waals surface area contributed by atoms with Gasteiger partial charge in [0.25, 0.3) is 11.8 Å². The third-order valence-corrected chi connectivity index (χ3v) is 7.57. The standard InChI is InChI=1S/C24H25N3O2S2/c1-3-19-11-12-20(30-19)14-18-10-7-13-27(23(18)29)24-26-16(2)21(31-24)22(28)25-15-17-8-5-4-6-9-17/h4-6,8-9,11-12,14H,3,7,10,13,15H2,1-2H3,(H,25,28). The highest BCUT2D eigenvalue weighted by Crippen LogP contribution is 2.31. The van der Waals surface area contributed by atoms with E-state index in [1.54, 1.807) is 16.2 Å². The summed E-state index contributed by atoms with van der Waals surface area (Å²) < 4.78 is 0. The van der Waals surface area contributed by atoms with Crippen molar-refractivity contribution in [3.63, 3.8) is 0 Å². The number of amides is 2. The zero-order valence-corrected chi connectivity index (χ0v) is 19.3. The Kier molecular flexibility index (Phi) is 6.63. The van der Waals surface area contributed by atoms with Crippen LogP contribution in [0.5, 0.6) is 0 Å². The minimum absolute atomic E-state index is 0.0114. The van der Waals surface area contributed by atoms with E-state index in [-0.39, 0.29) is 11.8 Å². The molecule has 1 fully saturated rings. The molecule has 0 radical (unpaired) electrons. The maximum absolute atomic E-state index is 13.1. The minimum Gasteiger partial charge on any atom is -0.347 e. The number of carbonyl (C=O) groups is 2. The number of nitrogens with zero attached hydrogens (tertiary/aromatic N) is 2. The van der Waals surface area contributed by atoms with E-state index < -0.39 is 0 Å². The van der Waals surface area contributed by atoms with E-state index in [2.05, 4.69) is 29.4 Å². The van der Waals surface area contributed by atoms with E-state index in [9.17, 15) is 9.59 Å². The highest BCUT2D eigenvalue weighted by Gasteiger charge is 2.28. The zero-order chi connectivity index (χ0) is 21.8. The summed E-state index contributed by atoms with van der Waals surface area (Å²) in [5.74, 6) is -0.168. The molecule has 0 bridgehead atoms. The Balaban J connectivity index is 1.49. The molecule has 0 unspecified atom stereocenters. The van der Waals surface area contributed by atoms with Crippen molar-refractivity contribution >= 4 is 45.7 Å². The minimum atomic E-state index is -0.156. The van der Waals surface area contributed by atoms with Crippen molar-refractivity contribution in [2.24, 2.45) is 0 Å². The molecule has 1 aliphatic rings. The molecule has 5 nitrogen and oxygen atoms in total. The zero-order valence-electron chi connectivity index (χ0n) is 17.7. The van der Waals surface area contributed by atoms with E-state index in [0.29, 0.717) is 28.8 Å². The van der Waals surface area contributed by atoms with Crippen LogP contribution in [-0.4, -0.2) is 23.3 Å². The molecule has 1 aliphatic heterocycles. The van der Waals surface area contributed by atoms with E-state index in [1.807, 2.05) is 43.3 Å². The summed E-state index contributed by atoms with van der Waals surface area (Å²) in [6.45, 7) is 5.04. The number of thiophene rings is 1. The van der Waals surface area contributed by atoms with Gasteiger partial charge in [0.2, 0.25) is 0 Å². The molecule has 1 aromatic carbocycles. The first kappa shape index (κ1) is 21.5. The third kappa shape index (κ3) is 4.94. The maximum Gasteiger partial charge on any atom is 0.263 e. The Morgan fingerprint density at radius 3 is 2.74 bits per heavy atom. The molecule has 1 N–H and O–H groups in total. The second-order valence-corrected chi connectivity index (χ2v) is 9.64. The van der Waals surface area contributed by atoms with Gasteiger partial charge in [-0.3, -0.25) is 14.5 Å². The van der Waals surface area contributed by atoms with Gasteiger partial charge in [0.1, 0.15) is 4.88 Å². The van der Waals surface area contributed by atoms with E-state index in [4.69, 9.17) is 0 Å². The molecule has 4 rings (SSSR count). The summed E-state index contributed by atoms with van der Waals surface area (Å²) in [5, 5.41) is 3.55. The van der Waals surface area contributed by atoms with Gasteiger partial charge < -0.3 is 5.32 Å². The van der Waals surface area contributed by atoms with Crippen LogP contribution in [0.3, 0.4) is 0 Å². The van der Waals surface area contributed by atoms with Crippen molar-refractivity contribution in [1.29, 1.82) is 0 Å². The van der Waals surface area contributed by atoms with Gasteiger partial charge in [-0.2, -0.15) is 0 Å². The number of benzene rings is 1. The summed E-state index contributed by atoms with van der Waals surface area (Å²) in [7, 11) is 0. The number of piperidine rings is 1. The lowest BCUT2D eigenvalue weighted by molar-refractivity contribution is -0.115. The average molecular weight is 452 g/mol. The van der Waals surface area contributed by atoms with Gasteiger partial charge in [0.05, 0.1) is 5.69 Å². The van der Waals surface area contributed by atoms with Crippen molar-refractivity contribution in [1.82, 2.24) is 10.3 Å². The summed E-state index contributed by atoms with van der Waals surface area (Å²) in [4.78, 5) is 35.1. The van der Waals surface area contributed by atoms with Gasteiger partial charge in [-0.1, -0.05) is 48.6 Å².